The van der Waals surface area contributed by atoms with E-state index in [9.17, 15) is 23.2 Å². The van der Waals surface area contributed by atoms with Gasteiger partial charge in [0, 0.05) is 16.9 Å². The van der Waals surface area contributed by atoms with Gasteiger partial charge in [-0.2, -0.15) is 0 Å². The molecule has 1 heterocycles. The van der Waals surface area contributed by atoms with Crippen molar-refractivity contribution in [3.63, 3.8) is 0 Å². The third-order valence-electron chi connectivity index (χ3n) is 6.22. The predicted octanol–water partition coefficient (Wildman–Crippen LogP) is 5.92. The lowest BCUT2D eigenvalue weighted by Gasteiger charge is -2.24. The van der Waals surface area contributed by atoms with Crippen LogP contribution in [0.5, 0.6) is 0 Å². The molecular formula is C30H23F2N3O4. The molecule has 4 aromatic rings. The number of carbonyl (C=O) groups is 3. The lowest BCUT2D eigenvalue weighted by atomic mass is 10.00. The van der Waals surface area contributed by atoms with E-state index in [0.29, 0.717) is 11.3 Å². The molecule has 39 heavy (non-hydrogen) atoms. The number of hydrogen-bond acceptors (Lipinski definition) is 4. The molecule has 0 saturated carbocycles. The molecular weight excluding hydrogens is 504 g/mol. The lowest BCUT2D eigenvalue weighted by Crippen LogP contribution is -2.43. The number of benzene rings is 4. The average Bonchev–Trinajstić information content (AvgIpc) is 3.25. The summed E-state index contributed by atoms with van der Waals surface area (Å²) >= 11 is 0. The van der Waals surface area contributed by atoms with Crippen LogP contribution in [-0.4, -0.2) is 28.8 Å². The number of nitrogens with zero attached hydrogens (tertiary/aromatic N) is 1. The second-order valence-electron chi connectivity index (χ2n) is 8.95. The summed E-state index contributed by atoms with van der Waals surface area (Å²) in [7, 11) is 0. The lowest BCUT2D eigenvalue weighted by molar-refractivity contribution is -0.121. The molecule has 3 amide bonds. The molecule has 9 heteroatoms. The highest BCUT2D eigenvalue weighted by Crippen LogP contribution is 2.35. The molecule has 0 spiro atoms. The van der Waals surface area contributed by atoms with Crippen LogP contribution in [0, 0.1) is 11.6 Å². The fraction of sp³-hybridized carbons (Fsp3) is 0.100. The van der Waals surface area contributed by atoms with Crippen LogP contribution < -0.4 is 10.6 Å². The van der Waals surface area contributed by atoms with Gasteiger partial charge >= 0.3 is 6.09 Å². The zero-order valence-electron chi connectivity index (χ0n) is 20.5. The quantitative estimate of drug-likeness (QED) is 0.313. The first kappa shape index (κ1) is 25.6. The van der Waals surface area contributed by atoms with Crippen LogP contribution in [0.4, 0.5) is 25.0 Å². The molecule has 0 aliphatic carbocycles. The molecule has 5 rings (SSSR count). The minimum Gasteiger partial charge on any atom is -0.438 e. The standard InChI is InChI=1S/C30H23F2N3O4/c31-22-14-12-20(13-15-22)28(36)33-24-10-4-8-21(16-24)27-26(29(37)34-25-11-5-9-23(32)17-25)35(30(38)39-27)18-19-6-2-1-3-7-19/h1-17,26-27H,18H2,(H,33,36)(H,34,37)/t26-,27-/m1/s1. The molecule has 2 N–H and O–H groups in total. The van der Waals surface area contributed by atoms with Crippen molar-refractivity contribution < 1.29 is 27.9 Å². The Morgan fingerprint density at radius 1 is 0.769 bits per heavy atom. The van der Waals surface area contributed by atoms with Crippen molar-refractivity contribution in [2.45, 2.75) is 18.7 Å². The zero-order chi connectivity index (χ0) is 27.4. The van der Waals surface area contributed by atoms with E-state index in [1.807, 2.05) is 30.3 Å². The number of ether oxygens (including phenoxy) is 1. The van der Waals surface area contributed by atoms with Crippen LogP contribution in [0.25, 0.3) is 0 Å². The monoisotopic (exact) mass is 527 g/mol. The normalized spacial score (nSPS) is 16.5. The molecule has 0 radical (unpaired) electrons. The van der Waals surface area contributed by atoms with Crippen molar-refractivity contribution in [3.05, 3.63) is 131 Å². The third-order valence-corrected chi connectivity index (χ3v) is 6.22. The summed E-state index contributed by atoms with van der Waals surface area (Å²) in [6, 6.07) is 25.2. The molecule has 7 nitrogen and oxygen atoms in total. The van der Waals surface area contributed by atoms with Gasteiger partial charge in [0.2, 0.25) is 0 Å². The van der Waals surface area contributed by atoms with Gasteiger partial charge in [0.15, 0.2) is 12.1 Å². The van der Waals surface area contributed by atoms with E-state index in [-0.39, 0.29) is 17.8 Å². The van der Waals surface area contributed by atoms with E-state index in [2.05, 4.69) is 10.6 Å². The van der Waals surface area contributed by atoms with Crippen molar-refractivity contribution in [2.75, 3.05) is 10.6 Å². The first-order chi connectivity index (χ1) is 18.9. The molecule has 4 aromatic carbocycles. The third kappa shape index (κ3) is 5.93. The Labute approximate surface area is 223 Å². The molecule has 1 aliphatic heterocycles. The molecule has 1 aliphatic rings. The van der Waals surface area contributed by atoms with E-state index in [1.165, 1.54) is 47.4 Å². The summed E-state index contributed by atoms with van der Waals surface area (Å²) in [6.45, 7) is 0.110. The van der Waals surface area contributed by atoms with Crippen molar-refractivity contribution >= 4 is 29.3 Å². The Hall–Kier alpha value is -5.05. The van der Waals surface area contributed by atoms with E-state index >= 15 is 0 Å². The van der Waals surface area contributed by atoms with Gasteiger partial charge in [0.25, 0.3) is 11.8 Å². The highest BCUT2D eigenvalue weighted by Gasteiger charge is 2.47. The van der Waals surface area contributed by atoms with Crippen LogP contribution in [-0.2, 0) is 16.1 Å². The van der Waals surface area contributed by atoms with Crippen molar-refractivity contribution in [1.82, 2.24) is 4.90 Å². The van der Waals surface area contributed by atoms with Gasteiger partial charge in [-0.15, -0.1) is 0 Å². The Balaban J connectivity index is 1.43. The Morgan fingerprint density at radius 2 is 1.46 bits per heavy atom. The van der Waals surface area contributed by atoms with Crippen LogP contribution in [0.3, 0.4) is 0 Å². The number of cyclic esters (lactones) is 1. The Kier molecular flexibility index (Phi) is 7.31. The molecule has 1 saturated heterocycles. The van der Waals surface area contributed by atoms with Crippen LogP contribution in [0.15, 0.2) is 103 Å². The summed E-state index contributed by atoms with van der Waals surface area (Å²) in [5.74, 6) is -2.00. The second kappa shape index (κ2) is 11.1. The van der Waals surface area contributed by atoms with Crippen molar-refractivity contribution in [1.29, 1.82) is 0 Å². The second-order valence-corrected chi connectivity index (χ2v) is 8.95. The van der Waals surface area contributed by atoms with E-state index in [0.717, 1.165) is 5.56 Å². The number of amides is 3. The van der Waals surface area contributed by atoms with Crippen molar-refractivity contribution in [3.8, 4) is 0 Å². The molecule has 196 valence electrons. The summed E-state index contributed by atoms with van der Waals surface area (Å²) < 4.78 is 32.7. The fourth-order valence-corrected chi connectivity index (χ4v) is 4.37. The first-order valence-corrected chi connectivity index (χ1v) is 12.1. The van der Waals surface area contributed by atoms with Gasteiger partial charge in [-0.25, -0.2) is 13.6 Å². The van der Waals surface area contributed by atoms with E-state index < -0.39 is 41.7 Å². The number of nitrogens with one attached hydrogen (secondary N) is 2. The van der Waals surface area contributed by atoms with Crippen LogP contribution in [0.1, 0.15) is 27.6 Å². The Bertz CT molecular complexity index is 1510. The predicted molar refractivity (Wildman–Crippen MR) is 141 cm³/mol. The number of rotatable bonds is 7. The molecule has 0 unspecified atom stereocenters. The SMILES string of the molecule is O=C(Nc1cccc([C@H]2OC(=O)N(Cc3ccccc3)[C@H]2C(=O)Nc2cccc(F)c2)c1)c1ccc(F)cc1. The zero-order valence-corrected chi connectivity index (χ0v) is 20.5. The first-order valence-electron chi connectivity index (χ1n) is 12.1. The summed E-state index contributed by atoms with van der Waals surface area (Å²) in [4.78, 5) is 40.5. The highest BCUT2D eigenvalue weighted by atomic mass is 19.1. The van der Waals surface area contributed by atoms with Crippen molar-refractivity contribution in [2.24, 2.45) is 0 Å². The highest BCUT2D eigenvalue weighted by molar-refractivity contribution is 6.04. The summed E-state index contributed by atoms with van der Waals surface area (Å²) in [6.07, 6.45) is -1.71. The number of anilines is 2. The summed E-state index contributed by atoms with van der Waals surface area (Å²) in [5, 5.41) is 5.42. The van der Waals surface area contributed by atoms with Gasteiger partial charge in [-0.1, -0.05) is 48.5 Å². The van der Waals surface area contributed by atoms with Gasteiger partial charge in [-0.05, 0) is 65.7 Å². The summed E-state index contributed by atoms with van der Waals surface area (Å²) in [5.41, 5.74) is 2.14. The van der Waals surface area contributed by atoms with E-state index in [1.54, 1.807) is 30.3 Å². The van der Waals surface area contributed by atoms with Crippen LogP contribution >= 0.6 is 0 Å². The van der Waals surface area contributed by atoms with E-state index in [4.69, 9.17) is 4.74 Å². The van der Waals surface area contributed by atoms with Crippen LogP contribution in [0.2, 0.25) is 0 Å². The molecule has 1 fully saturated rings. The molecule has 0 aromatic heterocycles. The minimum atomic E-state index is -1.09. The van der Waals surface area contributed by atoms with Gasteiger partial charge in [0.05, 0.1) is 6.54 Å². The maximum atomic E-state index is 13.8. The molecule has 0 bridgehead atoms. The van der Waals surface area contributed by atoms with Gasteiger partial charge < -0.3 is 15.4 Å². The molecule has 2 atom stereocenters. The topological polar surface area (TPSA) is 87.7 Å². The smallest absolute Gasteiger partial charge is 0.411 e. The van der Waals surface area contributed by atoms with Gasteiger partial charge in [-0.3, -0.25) is 14.5 Å². The fourth-order valence-electron chi connectivity index (χ4n) is 4.37. The average molecular weight is 528 g/mol. The maximum absolute atomic E-state index is 13.8. The number of halogens is 2. The minimum absolute atomic E-state index is 0.110. The number of hydrogen-bond donors (Lipinski definition) is 2. The van der Waals surface area contributed by atoms with Gasteiger partial charge in [0.1, 0.15) is 11.6 Å². The maximum Gasteiger partial charge on any atom is 0.411 e. The number of carbonyl (C=O) groups excluding carboxylic acids is 3. The largest absolute Gasteiger partial charge is 0.438 e. The Morgan fingerprint density at radius 3 is 2.18 bits per heavy atom.